The summed E-state index contributed by atoms with van der Waals surface area (Å²) in [5, 5.41) is 0.691. The van der Waals surface area contributed by atoms with Gasteiger partial charge in [0.2, 0.25) is 0 Å². The van der Waals surface area contributed by atoms with Crippen LogP contribution in [0.3, 0.4) is 0 Å². The molecule has 5 nitrogen and oxygen atoms in total. The largest absolute Gasteiger partial charge is 0.466 e. The Balaban J connectivity index is 1.66. The van der Waals surface area contributed by atoms with E-state index in [1.807, 2.05) is 37.3 Å². The van der Waals surface area contributed by atoms with Crippen molar-refractivity contribution in [3.05, 3.63) is 58.0 Å². The van der Waals surface area contributed by atoms with Gasteiger partial charge in [0, 0.05) is 24.7 Å². The van der Waals surface area contributed by atoms with Gasteiger partial charge in [-0.3, -0.25) is 9.59 Å². The molecule has 0 saturated heterocycles. The number of esters is 1. The number of hydrogen-bond acceptors (Lipinski definition) is 5. The van der Waals surface area contributed by atoms with Crippen molar-refractivity contribution >= 4 is 17.7 Å². The van der Waals surface area contributed by atoms with E-state index in [0.29, 0.717) is 24.6 Å². The highest BCUT2D eigenvalue weighted by atomic mass is 32.2. The number of H-pyrrole nitrogens is 1. The second kappa shape index (κ2) is 12.3. The SMILES string of the molecule is CCOC(=O)CCCCCCCSc1nc(Cc2ccccc2)cc(=O)[nH]1. The number of unbranched alkanes of at least 4 members (excludes halogenated alkanes) is 4. The second-order valence-corrected chi connectivity index (χ2v) is 7.46. The van der Waals surface area contributed by atoms with Crippen molar-refractivity contribution in [2.75, 3.05) is 12.4 Å². The van der Waals surface area contributed by atoms with Crippen molar-refractivity contribution in [1.29, 1.82) is 0 Å². The summed E-state index contributed by atoms with van der Waals surface area (Å²) in [5.41, 5.74) is 1.85. The van der Waals surface area contributed by atoms with Crippen molar-refractivity contribution in [1.82, 2.24) is 9.97 Å². The van der Waals surface area contributed by atoms with Crippen molar-refractivity contribution in [2.24, 2.45) is 0 Å². The number of carbonyl (C=O) groups excluding carboxylic acids is 1. The molecule has 0 aliphatic rings. The van der Waals surface area contributed by atoms with Gasteiger partial charge in [0.05, 0.1) is 12.3 Å². The zero-order valence-electron chi connectivity index (χ0n) is 15.9. The first-order chi connectivity index (χ1) is 13.2. The number of carbonyl (C=O) groups is 1. The molecule has 0 amide bonds. The standard InChI is InChI=1S/C21H28N2O3S/c1-2-26-20(25)13-9-4-3-5-10-14-27-21-22-18(16-19(24)23-21)15-17-11-7-6-8-12-17/h6-8,11-12,16H,2-5,9-10,13-15H2,1H3,(H,22,23,24). The minimum atomic E-state index is -0.0996. The van der Waals surface area contributed by atoms with Gasteiger partial charge in [0.1, 0.15) is 0 Å². The van der Waals surface area contributed by atoms with E-state index in [2.05, 4.69) is 9.97 Å². The summed E-state index contributed by atoms with van der Waals surface area (Å²) in [6.07, 6.45) is 6.41. The van der Waals surface area contributed by atoms with E-state index < -0.39 is 0 Å². The summed E-state index contributed by atoms with van der Waals surface area (Å²) in [6.45, 7) is 2.29. The second-order valence-electron chi connectivity index (χ2n) is 6.38. The predicted molar refractivity (Wildman–Crippen MR) is 109 cm³/mol. The number of nitrogens with zero attached hydrogens (tertiary/aromatic N) is 1. The van der Waals surface area contributed by atoms with E-state index in [0.717, 1.165) is 49.1 Å². The summed E-state index contributed by atoms with van der Waals surface area (Å²) >= 11 is 1.59. The molecule has 27 heavy (non-hydrogen) atoms. The Bertz CT molecular complexity index is 747. The maximum Gasteiger partial charge on any atom is 0.305 e. The van der Waals surface area contributed by atoms with Crippen LogP contribution in [-0.2, 0) is 16.0 Å². The molecule has 2 aromatic rings. The lowest BCUT2D eigenvalue weighted by Gasteiger charge is -2.05. The molecule has 0 radical (unpaired) electrons. The number of nitrogens with one attached hydrogen (secondary N) is 1. The summed E-state index contributed by atoms with van der Waals surface area (Å²) in [4.78, 5) is 30.5. The summed E-state index contributed by atoms with van der Waals surface area (Å²) < 4.78 is 4.91. The van der Waals surface area contributed by atoms with E-state index in [4.69, 9.17) is 4.74 Å². The van der Waals surface area contributed by atoms with Gasteiger partial charge in [0.25, 0.3) is 5.56 Å². The maximum atomic E-state index is 11.9. The number of hydrogen-bond donors (Lipinski definition) is 1. The number of aromatic nitrogens is 2. The first-order valence-electron chi connectivity index (χ1n) is 9.60. The summed E-state index contributed by atoms with van der Waals surface area (Å²) in [6, 6.07) is 11.6. The molecule has 0 bridgehead atoms. The molecule has 0 atom stereocenters. The van der Waals surface area contributed by atoms with Crippen LogP contribution in [0.2, 0.25) is 0 Å². The lowest BCUT2D eigenvalue weighted by molar-refractivity contribution is -0.143. The van der Waals surface area contributed by atoms with Crippen molar-refractivity contribution in [3.63, 3.8) is 0 Å². The summed E-state index contributed by atoms with van der Waals surface area (Å²) in [7, 11) is 0. The van der Waals surface area contributed by atoms with E-state index in [-0.39, 0.29) is 11.5 Å². The zero-order valence-corrected chi connectivity index (χ0v) is 16.7. The quantitative estimate of drug-likeness (QED) is 0.253. The van der Waals surface area contributed by atoms with Gasteiger partial charge in [-0.15, -0.1) is 0 Å². The molecule has 0 spiro atoms. The van der Waals surface area contributed by atoms with E-state index >= 15 is 0 Å². The molecule has 0 unspecified atom stereocenters. The number of aromatic amines is 1. The molecule has 1 heterocycles. The molecule has 2 rings (SSSR count). The van der Waals surface area contributed by atoms with Crippen molar-refractivity contribution < 1.29 is 9.53 Å². The number of rotatable bonds is 12. The Morgan fingerprint density at radius 1 is 1.11 bits per heavy atom. The lowest BCUT2D eigenvalue weighted by Crippen LogP contribution is -2.10. The molecular formula is C21H28N2O3S. The normalized spacial score (nSPS) is 10.7. The third kappa shape index (κ3) is 8.91. The van der Waals surface area contributed by atoms with Gasteiger partial charge < -0.3 is 9.72 Å². The molecule has 1 aromatic heterocycles. The minimum Gasteiger partial charge on any atom is -0.466 e. The zero-order chi connectivity index (χ0) is 19.3. The fourth-order valence-corrected chi connectivity index (χ4v) is 3.65. The van der Waals surface area contributed by atoms with E-state index in [1.54, 1.807) is 17.8 Å². The molecule has 1 aromatic carbocycles. The predicted octanol–water partition coefficient (Wildman–Crippen LogP) is 4.36. The maximum absolute atomic E-state index is 11.9. The number of ether oxygens (including phenoxy) is 1. The average molecular weight is 389 g/mol. The van der Waals surface area contributed by atoms with E-state index in [1.165, 1.54) is 0 Å². The van der Waals surface area contributed by atoms with Gasteiger partial charge in [-0.05, 0) is 25.3 Å². The van der Waals surface area contributed by atoms with Crippen LogP contribution in [0.4, 0.5) is 0 Å². The highest BCUT2D eigenvalue weighted by Gasteiger charge is 2.04. The van der Waals surface area contributed by atoms with Crippen LogP contribution in [0.15, 0.2) is 46.3 Å². The van der Waals surface area contributed by atoms with Crippen LogP contribution >= 0.6 is 11.8 Å². The highest BCUT2D eigenvalue weighted by Crippen LogP contribution is 2.16. The molecular weight excluding hydrogens is 360 g/mol. The molecule has 6 heteroatoms. The fraction of sp³-hybridized carbons (Fsp3) is 0.476. The smallest absolute Gasteiger partial charge is 0.305 e. The highest BCUT2D eigenvalue weighted by molar-refractivity contribution is 7.99. The third-order valence-electron chi connectivity index (χ3n) is 4.07. The minimum absolute atomic E-state index is 0.0986. The Hall–Kier alpha value is -2.08. The molecule has 0 saturated carbocycles. The van der Waals surface area contributed by atoms with Crippen LogP contribution < -0.4 is 5.56 Å². The summed E-state index contributed by atoms with van der Waals surface area (Å²) in [5.74, 6) is 0.828. The van der Waals surface area contributed by atoms with Gasteiger partial charge in [-0.2, -0.15) is 0 Å². The Kier molecular flexibility index (Phi) is 9.69. The van der Waals surface area contributed by atoms with Crippen LogP contribution in [0.1, 0.15) is 56.7 Å². The van der Waals surface area contributed by atoms with Crippen LogP contribution in [0.5, 0.6) is 0 Å². The van der Waals surface area contributed by atoms with Gasteiger partial charge in [-0.25, -0.2) is 4.98 Å². The monoisotopic (exact) mass is 388 g/mol. The number of benzene rings is 1. The average Bonchev–Trinajstić information content (AvgIpc) is 2.64. The van der Waals surface area contributed by atoms with Crippen LogP contribution in [0.25, 0.3) is 0 Å². The Morgan fingerprint density at radius 2 is 1.85 bits per heavy atom. The lowest BCUT2D eigenvalue weighted by atomic mass is 10.1. The Labute approximate surface area is 165 Å². The van der Waals surface area contributed by atoms with Crippen LogP contribution in [-0.4, -0.2) is 28.3 Å². The van der Waals surface area contributed by atoms with Crippen molar-refractivity contribution in [2.45, 2.75) is 57.0 Å². The third-order valence-corrected chi connectivity index (χ3v) is 5.03. The fourth-order valence-electron chi connectivity index (χ4n) is 2.75. The van der Waals surface area contributed by atoms with Gasteiger partial charge >= 0.3 is 5.97 Å². The molecule has 1 N–H and O–H groups in total. The Morgan fingerprint density at radius 3 is 2.63 bits per heavy atom. The first kappa shape index (κ1) is 21.2. The van der Waals surface area contributed by atoms with Gasteiger partial charge in [0.15, 0.2) is 5.16 Å². The van der Waals surface area contributed by atoms with Crippen LogP contribution in [0, 0.1) is 0 Å². The number of thioether (sulfide) groups is 1. The molecule has 0 aliphatic carbocycles. The molecule has 146 valence electrons. The first-order valence-corrected chi connectivity index (χ1v) is 10.6. The van der Waals surface area contributed by atoms with E-state index in [9.17, 15) is 9.59 Å². The van der Waals surface area contributed by atoms with Gasteiger partial charge in [-0.1, -0.05) is 61.4 Å². The van der Waals surface area contributed by atoms with Crippen molar-refractivity contribution in [3.8, 4) is 0 Å². The molecule has 0 fully saturated rings. The molecule has 0 aliphatic heterocycles. The topological polar surface area (TPSA) is 72.0 Å².